The summed E-state index contributed by atoms with van der Waals surface area (Å²) in [7, 11) is 0. The van der Waals surface area contributed by atoms with Gasteiger partial charge in [-0.25, -0.2) is 0 Å². The van der Waals surface area contributed by atoms with Gasteiger partial charge in [0.2, 0.25) is 11.7 Å². The molecule has 0 atom stereocenters. The van der Waals surface area contributed by atoms with Crippen LogP contribution in [0.2, 0.25) is 0 Å². The monoisotopic (exact) mass is 361 g/mol. The lowest BCUT2D eigenvalue weighted by atomic mass is 9.78. The van der Waals surface area contributed by atoms with E-state index in [1.807, 2.05) is 0 Å². The van der Waals surface area contributed by atoms with Crippen molar-refractivity contribution in [3.63, 3.8) is 0 Å². The van der Waals surface area contributed by atoms with Crippen molar-refractivity contribution < 1.29 is 17.7 Å². The van der Waals surface area contributed by atoms with Crippen LogP contribution in [0.5, 0.6) is 0 Å². The van der Waals surface area contributed by atoms with Gasteiger partial charge in [0, 0.05) is 10.0 Å². The zero-order chi connectivity index (χ0) is 15.3. The summed E-state index contributed by atoms with van der Waals surface area (Å²) in [5.41, 5.74) is 4.40. The predicted octanol–water partition coefficient (Wildman–Crippen LogP) is 3.86. The number of alkyl halides is 3. The van der Waals surface area contributed by atoms with E-state index in [9.17, 15) is 13.2 Å². The molecule has 112 valence electrons. The number of hydrogen-bond donors (Lipinski definition) is 1. The molecule has 3 rings (SSSR count). The number of nitrogens with zero attached hydrogens (tertiary/aromatic N) is 2. The van der Waals surface area contributed by atoms with E-state index in [0.717, 1.165) is 12.5 Å². The van der Waals surface area contributed by atoms with Crippen molar-refractivity contribution in [2.24, 2.45) is 5.73 Å². The van der Waals surface area contributed by atoms with Crippen LogP contribution in [0.1, 0.15) is 30.7 Å². The highest BCUT2D eigenvalue weighted by Crippen LogP contribution is 2.40. The van der Waals surface area contributed by atoms with Crippen molar-refractivity contribution in [2.75, 3.05) is 0 Å². The van der Waals surface area contributed by atoms with Crippen LogP contribution in [-0.2, 0) is 11.7 Å². The maximum absolute atomic E-state index is 13.1. The van der Waals surface area contributed by atoms with Crippen molar-refractivity contribution in [1.29, 1.82) is 0 Å². The van der Waals surface area contributed by atoms with Gasteiger partial charge in [-0.2, -0.15) is 18.2 Å². The largest absolute Gasteiger partial charge is 0.417 e. The van der Waals surface area contributed by atoms with Crippen molar-refractivity contribution in [2.45, 2.75) is 31.0 Å². The summed E-state index contributed by atoms with van der Waals surface area (Å²) in [6, 6.07) is 3.81. The van der Waals surface area contributed by atoms with Crippen LogP contribution < -0.4 is 5.73 Å². The molecule has 0 radical (unpaired) electrons. The van der Waals surface area contributed by atoms with Crippen molar-refractivity contribution in [3.05, 3.63) is 34.1 Å². The minimum absolute atomic E-state index is 0.0958. The Labute approximate surface area is 126 Å². The molecule has 2 aromatic rings. The summed E-state index contributed by atoms with van der Waals surface area (Å²) >= 11 is 3.03. The van der Waals surface area contributed by atoms with E-state index in [4.69, 9.17) is 10.3 Å². The highest BCUT2D eigenvalue weighted by atomic mass is 79.9. The molecule has 21 heavy (non-hydrogen) atoms. The maximum atomic E-state index is 13.1. The van der Waals surface area contributed by atoms with Crippen molar-refractivity contribution in [1.82, 2.24) is 10.1 Å². The highest BCUT2D eigenvalue weighted by molar-refractivity contribution is 9.10. The van der Waals surface area contributed by atoms with E-state index >= 15 is 0 Å². The SMILES string of the molecule is NC1(c2nc(-c3ccc(Br)cc3C(F)(F)F)no2)CCC1. The topological polar surface area (TPSA) is 64.9 Å². The Hall–Kier alpha value is -1.41. The van der Waals surface area contributed by atoms with E-state index in [0.29, 0.717) is 17.3 Å². The lowest BCUT2D eigenvalue weighted by Gasteiger charge is -2.33. The number of hydrogen-bond acceptors (Lipinski definition) is 4. The van der Waals surface area contributed by atoms with Crippen LogP contribution in [-0.4, -0.2) is 10.1 Å². The van der Waals surface area contributed by atoms with Crippen molar-refractivity contribution >= 4 is 15.9 Å². The van der Waals surface area contributed by atoms with Crippen LogP contribution in [0, 0.1) is 0 Å². The molecule has 1 heterocycles. The minimum atomic E-state index is -4.50. The van der Waals surface area contributed by atoms with Crippen LogP contribution in [0.15, 0.2) is 27.2 Å². The van der Waals surface area contributed by atoms with Gasteiger partial charge in [0.15, 0.2) is 0 Å². The van der Waals surface area contributed by atoms with E-state index in [-0.39, 0.29) is 17.3 Å². The average Bonchev–Trinajstić information content (AvgIpc) is 2.84. The Morgan fingerprint density at radius 3 is 2.57 bits per heavy atom. The Morgan fingerprint density at radius 1 is 1.29 bits per heavy atom. The van der Waals surface area contributed by atoms with Gasteiger partial charge >= 0.3 is 6.18 Å². The Balaban J connectivity index is 2.05. The molecule has 0 amide bonds. The van der Waals surface area contributed by atoms with Gasteiger partial charge in [0.1, 0.15) is 0 Å². The molecule has 1 aromatic heterocycles. The summed E-state index contributed by atoms with van der Waals surface area (Å²) in [5.74, 6) is 0.0985. The molecular formula is C13H11BrF3N3O. The Kier molecular flexibility index (Phi) is 3.32. The molecule has 0 saturated heterocycles. The summed E-state index contributed by atoms with van der Waals surface area (Å²) in [5, 5.41) is 3.66. The van der Waals surface area contributed by atoms with Crippen LogP contribution in [0.3, 0.4) is 0 Å². The van der Waals surface area contributed by atoms with Gasteiger partial charge < -0.3 is 10.3 Å². The standard InChI is InChI=1S/C13H11BrF3N3O/c14-7-2-3-8(9(6-7)13(15,16)17)10-19-11(21-20-10)12(18)4-1-5-12/h2-3,6H,1,4-5,18H2. The van der Waals surface area contributed by atoms with Crippen LogP contribution >= 0.6 is 15.9 Å². The summed E-state index contributed by atoms with van der Waals surface area (Å²) in [6.45, 7) is 0. The molecule has 2 N–H and O–H groups in total. The van der Waals surface area contributed by atoms with Crippen LogP contribution in [0.4, 0.5) is 13.2 Å². The fraction of sp³-hybridized carbons (Fsp3) is 0.385. The molecule has 8 heteroatoms. The molecule has 0 aliphatic heterocycles. The average molecular weight is 362 g/mol. The Bertz CT molecular complexity index is 680. The lowest BCUT2D eigenvalue weighted by Crippen LogP contribution is -2.43. The van der Waals surface area contributed by atoms with Gasteiger partial charge in [-0.1, -0.05) is 21.1 Å². The number of nitrogens with two attached hydrogens (primary N) is 1. The predicted molar refractivity (Wildman–Crippen MR) is 72.2 cm³/mol. The van der Waals surface area contributed by atoms with Gasteiger partial charge in [-0.3, -0.25) is 0 Å². The van der Waals surface area contributed by atoms with Gasteiger partial charge in [0.25, 0.3) is 0 Å². The van der Waals surface area contributed by atoms with Crippen LogP contribution in [0.25, 0.3) is 11.4 Å². The molecular weight excluding hydrogens is 351 g/mol. The fourth-order valence-corrected chi connectivity index (χ4v) is 2.61. The van der Waals surface area contributed by atoms with E-state index < -0.39 is 17.3 Å². The quantitative estimate of drug-likeness (QED) is 0.881. The van der Waals surface area contributed by atoms with Crippen molar-refractivity contribution in [3.8, 4) is 11.4 Å². The third-order valence-corrected chi connectivity index (χ3v) is 4.12. The van der Waals surface area contributed by atoms with E-state index in [2.05, 4.69) is 26.1 Å². The molecule has 4 nitrogen and oxygen atoms in total. The lowest BCUT2D eigenvalue weighted by molar-refractivity contribution is -0.137. The molecule has 1 aromatic carbocycles. The zero-order valence-electron chi connectivity index (χ0n) is 10.7. The minimum Gasteiger partial charge on any atom is -0.337 e. The van der Waals surface area contributed by atoms with Gasteiger partial charge in [-0.15, -0.1) is 0 Å². The third kappa shape index (κ3) is 2.57. The Morgan fingerprint density at radius 2 is 2.00 bits per heavy atom. The van der Waals surface area contributed by atoms with E-state index in [1.165, 1.54) is 12.1 Å². The number of benzene rings is 1. The molecule has 0 spiro atoms. The molecule has 1 aliphatic rings. The highest BCUT2D eigenvalue weighted by Gasteiger charge is 2.41. The van der Waals surface area contributed by atoms with Gasteiger partial charge in [0.05, 0.1) is 11.1 Å². The third-order valence-electron chi connectivity index (χ3n) is 3.63. The molecule has 1 aliphatic carbocycles. The normalized spacial score (nSPS) is 17.6. The molecule has 0 unspecified atom stereocenters. The first-order valence-corrected chi connectivity index (χ1v) is 7.09. The number of halogens is 4. The smallest absolute Gasteiger partial charge is 0.337 e. The number of rotatable bonds is 2. The van der Waals surface area contributed by atoms with Gasteiger partial charge in [-0.05, 0) is 37.5 Å². The first kappa shape index (κ1) is 14.5. The fourth-order valence-electron chi connectivity index (χ4n) is 2.25. The first-order chi connectivity index (χ1) is 9.79. The summed E-state index contributed by atoms with van der Waals surface area (Å²) < 4.78 is 44.7. The molecule has 1 fully saturated rings. The molecule has 1 saturated carbocycles. The number of aromatic nitrogens is 2. The second-order valence-corrected chi connectivity index (χ2v) is 6.04. The maximum Gasteiger partial charge on any atom is 0.417 e. The second kappa shape index (κ2) is 4.81. The molecule has 0 bridgehead atoms. The summed E-state index contributed by atoms with van der Waals surface area (Å²) in [4.78, 5) is 4.06. The second-order valence-electron chi connectivity index (χ2n) is 5.12. The van der Waals surface area contributed by atoms with E-state index in [1.54, 1.807) is 0 Å². The zero-order valence-corrected chi connectivity index (χ0v) is 12.3. The first-order valence-electron chi connectivity index (χ1n) is 6.30. The summed E-state index contributed by atoms with van der Waals surface area (Å²) in [6.07, 6.45) is -2.17.